The van der Waals surface area contributed by atoms with Crippen LogP contribution in [0, 0.1) is 0 Å². The van der Waals surface area contributed by atoms with Crippen LogP contribution in [-0.2, 0) is 19.1 Å². The van der Waals surface area contributed by atoms with Gasteiger partial charge in [0.25, 0.3) is 6.47 Å². The lowest BCUT2D eigenvalue weighted by Gasteiger charge is -2.13. The standard InChI is InChI=1S/C7H17NO.C7H16O.CH2O2.CH2O/c1-4-5-8(2)6-7-9-3;1-3-4-5-6-7-8-2;2-1-3;1-2/h4-7H2,1-3H3;3-7H2,1-2H3;1H,(H,2,3);1H2. The minimum Gasteiger partial charge on any atom is -0.483 e. The van der Waals surface area contributed by atoms with Crippen LogP contribution in [0.2, 0.25) is 0 Å². The Balaban J connectivity index is -0.000000114. The van der Waals surface area contributed by atoms with Gasteiger partial charge in [-0.15, -0.1) is 0 Å². The van der Waals surface area contributed by atoms with E-state index >= 15 is 0 Å². The smallest absolute Gasteiger partial charge is 0.290 e. The van der Waals surface area contributed by atoms with E-state index in [4.69, 9.17) is 24.2 Å². The molecular weight excluding hydrogens is 286 g/mol. The fourth-order valence-electron chi connectivity index (χ4n) is 1.41. The van der Waals surface area contributed by atoms with Crippen LogP contribution in [-0.4, -0.2) is 70.8 Å². The lowest BCUT2D eigenvalue weighted by molar-refractivity contribution is -0.122. The molecule has 0 atom stereocenters. The SMILES string of the molecule is C=O.CCCCCCOC.CCCN(C)CCOC.O=CO. The predicted octanol–water partition coefficient (Wildman–Crippen LogP) is 2.70. The molecule has 0 rings (SSSR count). The zero-order valence-electron chi connectivity index (χ0n) is 15.2. The molecule has 0 fully saturated rings. The number of rotatable bonds is 10. The number of methoxy groups -OCH3 is 2. The third-order valence-electron chi connectivity index (χ3n) is 2.48. The number of hydrogen-bond donors (Lipinski definition) is 1. The van der Waals surface area contributed by atoms with E-state index in [1.165, 1.54) is 38.6 Å². The van der Waals surface area contributed by atoms with Crippen LogP contribution in [0.3, 0.4) is 0 Å². The summed E-state index contributed by atoms with van der Waals surface area (Å²) in [7, 11) is 5.61. The molecule has 0 aromatic heterocycles. The van der Waals surface area contributed by atoms with E-state index in [-0.39, 0.29) is 6.47 Å². The molecule has 0 saturated carbocycles. The van der Waals surface area contributed by atoms with E-state index in [9.17, 15) is 0 Å². The summed E-state index contributed by atoms with van der Waals surface area (Å²) in [6, 6.07) is 0. The minimum absolute atomic E-state index is 0.250. The monoisotopic (exact) mass is 323 g/mol. The molecule has 0 aliphatic heterocycles. The zero-order valence-corrected chi connectivity index (χ0v) is 15.2. The average Bonchev–Trinajstić information content (AvgIpc) is 2.53. The van der Waals surface area contributed by atoms with Crippen molar-refractivity contribution in [3.05, 3.63) is 0 Å². The van der Waals surface area contributed by atoms with Crippen molar-refractivity contribution in [3.63, 3.8) is 0 Å². The van der Waals surface area contributed by atoms with Crippen molar-refractivity contribution in [2.24, 2.45) is 0 Å². The number of carbonyl (C=O) groups excluding carboxylic acids is 1. The van der Waals surface area contributed by atoms with Gasteiger partial charge < -0.3 is 24.3 Å². The van der Waals surface area contributed by atoms with Crippen molar-refractivity contribution in [3.8, 4) is 0 Å². The van der Waals surface area contributed by atoms with Gasteiger partial charge in [-0.1, -0.05) is 33.1 Å². The Morgan fingerprint density at radius 1 is 0.955 bits per heavy atom. The molecule has 0 bridgehead atoms. The van der Waals surface area contributed by atoms with Gasteiger partial charge >= 0.3 is 0 Å². The average molecular weight is 323 g/mol. The Labute approximate surface area is 136 Å². The quantitative estimate of drug-likeness (QED) is 0.492. The van der Waals surface area contributed by atoms with E-state index in [1.807, 2.05) is 6.79 Å². The molecule has 0 unspecified atom stereocenters. The van der Waals surface area contributed by atoms with E-state index < -0.39 is 0 Å². The van der Waals surface area contributed by atoms with Gasteiger partial charge in [0.2, 0.25) is 0 Å². The number of carbonyl (C=O) groups is 2. The summed E-state index contributed by atoms with van der Waals surface area (Å²) in [6.45, 7) is 10.1. The molecular formula is C16H37NO5. The molecule has 0 saturated heterocycles. The number of nitrogens with zero attached hydrogens (tertiary/aromatic N) is 1. The number of unbranched alkanes of at least 4 members (excludes halogenated alkanes) is 3. The molecule has 0 aliphatic rings. The van der Waals surface area contributed by atoms with Crippen LogP contribution in [0.5, 0.6) is 0 Å². The van der Waals surface area contributed by atoms with Gasteiger partial charge in [-0.05, 0) is 26.4 Å². The Morgan fingerprint density at radius 3 is 1.82 bits per heavy atom. The lowest BCUT2D eigenvalue weighted by Crippen LogP contribution is -2.23. The summed E-state index contributed by atoms with van der Waals surface area (Å²) < 4.78 is 9.81. The second-order valence-electron chi connectivity index (χ2n) is 4.45. The van der Waals surface area contributed by atoms with Crippen LogP contribution >= 0.6 is 0 Å². The first-order chi connectivity index (χ1) is 10.6. The third-order valence-corrected chi connectivity index (χ3v) is 2.48. The molecule has 1 N–H and O–H groups in total. The number of ether oxygens (including phenoxy) is 2. The van der Waals surface area contributed by atoms with Gasteiger partial charge in [0.05, 0.1) is 6.61 Å². The molecule has 0 aromatic rings. The van der Waals surface area contributed by atoms with Gasteiger partial charge in [0.15, 0.2) is 0 Å². The second-order valence-corrected chi connectivity index (χ2v) is 4.45. The maximum Gasteiger partial charge on any atom is 0.290 e. The normalized spacial score (nSPS) is 8.64. The third kappa shape index (κ3) is 50.9. The predicted molar refractivity (Wildman–Crippen MR) is 91.5 cm³/mol. The summed E-state index contributed by atoms with van der Waals surface area (Å²) in [6.07, 6.45) is 6.43. The van der Waals surface area contributed by atoms with Crippen molar-refractivity contribution < 1.29 is 24.2 Å². The van der Waals surface area contributed by atoms with E-state index in [2.05, 4.69) is 25.8 Å². The summed E-state index contributed by atoms with van der Waals surface area (Å²) in [5, 5.41) is 6.89. The van der Waals surface area contributed by atoms with Gasteiger partial charge in [-0.2, -0.15) is 0 Å². The number of carboxylic acid groups (broad SMARTS) is 1. The Kier molecular flexibility index (Phi) is 48.7. The highest BCUT2D eigenvalue weighted by atomic mass is 16.5. The highest BCUT2D eigenvalue weighted by Crippen LogP contribution is 1.97. The first kappa shape index (κ1) is 29.1. The molecule has 6 heteroatoms. The summed E-state index contributed by atoms with van der Waals surface area (Å²) >= 11 is 0. The zero-order chi connectivity index (χ0) is 18.1. The molecule has 0 radical (unpaired) electrons. The van der Waals surface area contributed by atoms with Gasteiger partial charge in [0.1, 0.15) is 6.79 Å². The molecule has 136 valence electrons. The molecule has 0 aromatic carbocycles. The first-order valence-corrected chi connectivity index (χ1v) is 7.67. The number of hydrogen-bond acceptors (Lipinski definition) is 5. The van der Waals surface area contributed by atoms with Gasteiger partial charge in [0, 0.05) is 27.4 Å². The Bertz CT molecular complexity index is 165. The molecule has 22 heavy (non-hydrogen) atoms. The van der Waals surface area contributed by atoms with Crippen LogP contribution in [0.15, 0.2) is 0 Å². The summed E-state index contributed by atoms with van der Waals surface area (Å²) in [5.41, 5.74) is 0. The minimum atomic E-state index is -0.250. The topological polar surface area (TPSA) is 76.1 Å². The van der Waals surface area contributed by atoms with Gasteiger partial charge in [-0.3, -0.25) is 4.79 Å². The Hall–Kier alpha value is -0.980. The van der Waals surface area contributed by atoms with E-state index in [1.54, 1.807) is 14.2 Å². The van der Waals surface area contributed by atoms with Crippen molar-refractivity contribution in [1.29, 1.82) is 0 Å². The van der Waals surface area contributed by atoms with Crippen LogP contribution in [0.4, 0.5) is 0 Å². The number of likely N-dealkylation sites (N-methyl/N-ethyl adjacent to an activating group) is 1. The molecule has 0 aliphatic carbocycles. The van der Waals surface area contributed by atoms with Crippen LogP contribution in [0.1, 0.15) is 46.0 Å². The highest BCUT2D eigenvalue weighted by molar-refractivity contribution is 5.32. The summed E-state index contributed by atoms with van der Waals surface area (Å²) in [5.74, 6) is 0. The maximum absolute atomic E-state index is 8.36. The van der Waals surface area contributed by atoms with Crippen LogP contribution < -0.4 is 0 Å². The fraction of sp³-hybridized carbons (Fsp3) is 0.875. The molecule has 0 amide bonds. The van der Waals surface area contributed by atoms with E-state index in [0.717, 1.165) is 19.8 Å². The maximum atomic E-state index is 8.36. The highest BCUT2D eigenvalue weighted by Gasteiger charge is 1.92. The Morgan fingerprint density at radius 2 is 1.45 bits per heavy atom. The molecule has 6 nitrogen and oxygen atoms in total. The fourth-order valence-corrected chi connectivity index (χ4v) is 1.41. The molecule has 0 heterocycles. The second kappa shape index (κ2) is 36.8. The van der Waals surface area contributed by atoms with Gasteiger partial charge in [-0.25, -0.2) is 0 Å². The first-order valence-electron chi connectivity index (χ1n) is 7.67. The van der Waals surface area contributed by atoms with Crippen molar-refractivity contribution >= 4 is 13.3 Å². The summed E-state index contributed by atoms with van der Waals surface area (Å²) in [4.78, 5) is 18.6. The van der Waals surface area contributed by atoms with Crippen molar-refractivity contribution in [2.45, 2.75) is 46.0 Å². The molecule has 0 spiro atoms. The van der Waals surface area contributed by atoms with Crippen molar-refractivity contribution in [2.75, 3.05) is 47.6 Å². The van der Waals surface area contributed by atoms with Crippen molar-refractivity contribution in [1.82, 2.24) is 4.90 Å². The lowest BCUT2D eigenvalue weighted by atomic mass is 10.2. The largest absolute Gasteiger partial charge is 0.483 e. The van der Waals surface area contributed by atoms with Crippen LogP contribution in [0.25, 0.3) is 0 Å². The van der Waals surface area contributed by atoms with E-state index in [0.29, 0.717) is 0 Å².